The van der Waals surface area contributed by atoms with E-state index in [0.29, 0.717) is 11.0 Å². The van der Waals surface area contributed by atoms with Crippen LogP contribution in [-0.4, -0.2) is 22.9 Å². The van der Waals surface area contributed by atoms with E-state index in [1.165, 1.54) is 31.2 Å². The molecule has 2 rings (SSSR count). The molecule has 0 saturated heterocycles. The van der Waals surface area contributed by atoms with Gasteiger partial charge in [0.15, 0.2) is 0 Å². The summed E-state index contributed by atoms with van der Waals surface area (Å²) in [6.45, 7) is 1.24. The van der Waals surface area contributed by atoms with E-state index in [2.05, 4.69) is 0 Å². The molecule has 1 N–H and O–H groups in total. The second kappa shape index (κ2) is 7.77. The molecule has 2 aromatic rings. The van der Waals surface area contributed by atoms with Gasteiger partial charge in [-0.25, -0.2) is 14.1 Å². The van der Waals surface area contributed by atoms with Crippen LogP contribution in [0.25, 0.3) is 0 Å². The predicted molar refractivity (Wildman–Crippen MR) is 88.8 cm³/mol. The maximum absolute atomic E-state index is 13.0. The van der Waals surface area contributed by atoms with Gasteiger partial charge in [0, 0.05) is 4.90 Å². The fourth-order valence-electron chi connectivity index (χ4n) is 2.16. The summed E-state index contributed by atoms with van der Waals surface area (Å²) < 4.78 is 51.9. The minimum atomic E-state index is -4.67. The van der Waals surface area contributed by atoms with E-state index in [9.17, 15) is 32.3 Å². The lowest BCUT2D eigenvalue weighted by Gasteiger charge is -2.19. The molecule has 2 amide bonds. The third-order valence-electron chi connectivity index (χ3n) is 3.40. The number of halogens is 4. The Balaban J connectivity index is 2.24. The maximum Gasteiger partial charge on any atom is 0.418 e. The SMILES string of the molecule is Cc1ccc(N(C(=O)O)C(=O)CSc2ccc(F)cc2)cc1C(F)(F)F. The molecule has 0 aromatic heterocycles. The zero-order valence-corrected chi connectivity index (χ0v) is 14.2. The zero-order chi connectivity index (χ0) is 19.5. The molecule has 0 aliphatic rings. The molecule has 4 nitrogen and oxygen atoms in total. The summed E-state index contributed by atoms with van der Waals surface area (Å²) in [6.07, 6.45) is -6.36. The van der Waals surface area contributed by atoms with Crippen LogP contribution in [0.3, 0.4) is 0 Å². The summed E-state index contributed by atoms with van der Waals surface area (Å²) >= 11 is 0.947. The minimum Gasteiger partial charge on any atom is -0.464 e. The third-order valence-corrected chi connectivity index (χ3v) is 4.40. The number of alkyl halides is 3. The van der Waals surface area contributed by atoms with E-state index in [4.69, 9.17) is 0 Å². The van der Waals surface area contributed by atoms with Crippen molar-refractivity contribution in [3.8, 4) is 0 Å². The first-order valence-corrected chi connectivity index (χ1v) is 8.20. The van der Waals surface area contributed by atoms with Crippen molar-refractivity contribution in [2.75, 3.05) is 10.7 Å². The number of carboxylic acid groups (broad SMARTS) is 1. The minimum absolute atomic E-state index is 0.0836. The lowest BCUT2D eigenvalue weighted by Crippen LogP contribution is -2.37. The molecule has 26 heavy (non-hydrogen) atoms. The topological polar surface area (TPSA) is 57.6 Å². The molecule has 138 valence electrons. The van der Waals surface area contributed by atoms with E-state index in [0.717, 1.165) is 23.9 Å². The van der Waals surface area contributed by atoms with E-state index in [1.54, 1.807) is 0 Å². The highest BCUT2D eigenvalue weighted by molar-refractivity contribution is 8.00. The first-order valence-electron chi connectivity index (χ1n) is 7.21. The highest BCUT2D eigenvalue weighted by atomic mass is 32.2. The molecular weight excluding hydrogens is 374 g/mol. The third kappa shape index (κ3) is 4.75. The van der Waals surface area contributed by atoms with Gasteiger partial charge in [0.2, 0.25) is 5.91 Å². The van der Waals surface area contributed by atoms with Crippen molar-refractivity contribution in [2.45, 2.75) is 18.0 Å². The van der Waals surface area contributed by atoms with E-state index in [-0.39, 0.29) is 21.9 Å². The summed E-state index contributed by atoms with van der Waals surface area (Å²) in [6, 6.07) is 8.05. The fourth-order valence-corrected chi connectivity index (χ4v) is 2.90. The van der Waals surface area contributed by atoms with Gasteiger partial charge in [0.1, 0.15) is 5.82 Å². The number of aryl methyl sites for hydroxylation is 1. The van der Waals surface area contributed by atoms with Gasteiger partial charge in [-0.1, -0.05) is 6.07 Å². The van der Waals surface area contributed by atoms with Crippen LogP contribution in [-0.2, 0) is 11.0 Å². The first kappa shape index (κ1) is 19.8. The Hall–Kier alpha value is -2.55. The maximum atomic E-state index is 13.0. The molecule has 0 aliphatic heterocycles. The van der Waals surface area contributed by atoms with Gasteiger partial charge in [0.05, 0.1) is 17.0 Å². The lowest BCUT2D eigenvalue weighted by molar-refractivity contribution is -0.138. The number of carbonyl (C=O) groups is 2. The number of nitrogens with zero attached hydrogens (tertiary/aromatic N) is 1. The molecule has 0 aliphatic carbocycles. The number of amides is 2. The normalized spacial score (nSPS) is 11.3. The first-order chi connectivity index (χ1) is 12.1. The van der Waals surface area contributed by atoms with Crippen LogP contribution in [0.5, 0.6) is 0 Å². The smallest absolute Gasteiger partial charge is 0.418 e. The van der Waals surface area contributed by atoms with Crippen molar-refractivity contribution in [3.63, 3.8) is 0 Å². The summed E-state index contributed by atoms with van der Waals surface area (Å²) in [5.41, 5.74) is -1.49. The van der Waals surface area contributed by atoms with E-state index >= 15 is 0 Å². The van der Waals surface area contributed by atoms with Crippen molar-refractivity contribution in [3.05, 3.63) is 59.4 Å². The lowest BCUT2D eigenvalue weighted by atomic mass is 10.1. The van der Waals surface area contributed by atoms with Crippen molar-refractivity contribution >= 4 is 29.4 Å². The number of hydrogen-bond donors (Lipinski definition) is 1. The van der Waals surface area contributed by atoms with Crippen LogP contribution in [0.4, 0.5) is 28.0 Å². The Morgan fingerprint density at radius 2 is 1.73 bits per heavy atom. The Labute approximate surface area is 150 Å². The van der Waals surface area contributed by atoms with Crippen molar-refractivity contribution in [1.82, 2.24) is 0 Å². The number of carbonyl (C=O) groups excluding carboxylic acids is 1. The second-order valence-corrected chi connectivity index (χ2v) is 6.30. The van der Waals surface area contributed by atoms with Crippen molar-refractivity contribution in [1.29, 1.82) is 0 Å². The van der Waals surface area contributed by atoms with Gasteiger partial charge >= 0.3 is 12.3 Å². The van der Waals surface area contributed by atoms with Crippen LogP contribution < -0.4 is 4.90 Å². The number of anilines is 1. The molecule has 0 radical (unpaired) electrons. The molecule has 0 fully saturated rings. The second-order valence-electron chi connectivity index (χ2n) is 5.25. The number of thioether (sulfide) groups is 1. The van der Waals surface area contributed by atoms with E-state index < -0.39 is 29.6 Å². The number of hydrogen-bond acceptors (Lipinski definition) is 3. The van der Waals surface area contributed by atoms with Crippen LogP contribution >= 0.6 is 11.8 Å². The number of rotatable bonds is 4. The average Bonchev–Trinajstić information content (AvgIpc) is 2.54. The van der Waals surface area contributed by atoms with Gasteiger partial charge in [-0.15, -0.1) is 11.8 Å². The van der Waals surface area contributed by atoms with Crippen molar-refractivity contribution in [2.24, 2.45) is 0 Å². The van der Waals surface area contributed by atoms with Crippen LogP contribution in [0, 0.1) is 12.7 Å². The van der Waals surface area contributed by atoms with Crippen LogP contribution in [0.2, 0.25) is 0 Å². The summed E-state index contributed by atoms with van der Waals surface area (Å²) in [7, 11) is 0. The van der Waals surface area contributed by atoms with E-state index in [1.807, 2.05) is 0 Å². The standard InChI is InChI=1S/C17H13F4NO3S/c1-10-2-5-12(8-14(10)17(19,20)21)22(16(24)25)15(23)9-26-13-6-3-11(18)4-7-13/h2-8H,9H2,1H3,(H,24,25). The summed E-state index contributed by atoms with van der Waals surface area (Å²) in [5.74, 6) is -1.72. The Bertz CT molecular complexity index is 822. The fraction of sp³-hybridized carbons (Fsp3) is 0.176. The number of benzene rings is 2. The van der Waals surface area contributed by atoms with Gasteiger partial charge in [-0.05, 0) is 48.9 Å². The van der Waals surface area contributed by atoms with Crippen molar-refractivity contribution < 1.29 is 32.3 Å². The molecule has 0 bridgehead atoms. The van der Waals surface area contributed by atoms with Crippen LogP contribution in [0.15, 0.2) is 47.4 Å². The molecule has 0 saturated carbocycles. The largest absolute Gasteiger partial charge is 0.464 e. The Morgan fingerprint density at radius 1 is 1.12 bits per heavy atom. The van der Waals surface area contributed by atoms with Gasteiger partial charge in [-0.2, -0.15) is 13.2 Å². The summed E-state index contributed by atoms with van der Waals surface area (Å²) in [4.78, 5) is 24.4. The summed E-state index contributed by atoms with van der Waals surface area (Å²) in [5, 5.41) is 9.26. The van der Waals surface area contributed by atoms with Crippen LogP contribution in [0.1, 0.15) is 11.1 Å². The highest BCUT2D eigenvalue weighted by Gasteiger charge is 2.34. The average molecular weight is 387 g/mol. The molecule has 9 heteroatoms. The number of imide groups is 1. The zero-order valence-electron chi connectivity index (χ0n) is 13.4. The monoisotopic (exact) mass is 387 g/mol. The molecule has 0 atom stereocenters. The predicted octanol–water partition coefficient (Wildman–Crippen LogP) is 4.96. The molecular formula is C17H13F4NO3S. The van der Waals surface area contributed by atoms with Gasteiger partial charge in [0.25, 0.3) is 0 Å². The Kier molecular flexibility index (Phi) is 5.91. The Morgan fingerprint density at radius 3 is 2.27 bits per heavy atom. The molecule has 0 unspecified atom stereocenters. The highest BCUT2D eigenvalue weighted by Crippen LogP contribution is 2.34. The molecule has 0 heterocycles. The van der Waals surface area contributed by atoms with Gasteiger partial charge < -0.3 is 5.11 Å². The quantitative estimate of drug-likeness (QED) is 0.595. The van der Waals surface area contributed by atoms with Gasteiger partial charge in [-0.3, -0.25) is 4.79 Å². The molecule has 0 spiro atoms. The molecule has 2 aromatic carbocycles.